The van der Waals surface area contributed by atoms with Gasteiger partial charge in [0.25, 0.3) is 0 Å². The predicted octanol–water partition coefficient (Wildman–Crippen LogP) is 6.97. The number of anilines is 1. The van der Waals surface area contributed by atoms with Crippen molar-refractivity contribution >= 4 is 11.7 Å². The Bertz CT molecular complexity index is 1120. The van der Waals surface area contributed by atoms with Gasteiger partial charge in [0, 0.05) is 47.9 Å². The van der Waals surface area contributed by atoms with Crippen molar-refractivity contribution in [2.24, 2.45) is 11.3 Å². The van der Waals surface area contributed by atoms with Crippen LogP contribution < -0.4 is 9.64 Å². The molecule has 0 radical (unpaired) electrons. The molecule has 2 aromatic rings. The SMILES string of the molecule is Cc1ncc(-c2cnc(OCCCC(C)C)c(F)c2)c(N2CCC(C)(C)CC2)c1C(OC(C)(C)C)C(=O)O. The molecule has 8 heteroatoms. The second-order valence-electron chi connectivity index (χ2n) is 12.5. The fourth-order valence-electron chi connectivity index (χ4n) is 4.74. The normalized spacial score (nSPS) is 16.5. The summed E-state index contributed by atoms with van der Waals surface area (Å²) in [5.41, 5.74) is 2.43. The van der Waals surface area contributed by atoms with Gasteiger partial charge in [-0.1, -0.05) is 27.7 Å². The molecule has 0 spiro atoms. The first-order valence-corrected chi connectivity index (χ1v) is 13.6. The molecule has 1 atom stereocenters. The van der Waals surface area contributed by atoms with E-state index in [1.807, 2.05) is 20.8 Å². The lowest BCUT2D eigenvalue weighted by Crippen LogP contribution is -2.39. The third kappa shape index (κ3) is 7.65. The molecule has 0 aromatic carbocycles. The summed E-state index contributed by atoms with van der Waals surface area (Å²) >= 11 is 0. The number of nitrogens with zero attached hydrogens (tertiary/aromatic N) is 3. The first-order valence-electron chi connectivity index (χ1n) is 13.6. The summed E-state index contributed by atoms with van der Waals surface area (Å²) in [5, 5.41) is 10.2. The Morgan fingerprint density at radius 2 is 1.84 bits per heavy atom. The number of hydrogen-bond donors (Lipinski definition) is 1. The van der Waals surface area contributed by atoms with Crippen LogP contribution in [-0.2, 0) is 9.53 Å². The van der Waals surface area contributed by atoms with Crippen LogP contribution in [0, 0.1) is 24.1 Å². The van der Waals surface area contributed by atoms with Crippen LogP contribution in [0.5, 0.6) is 5.88 Å². The van der Waals surface area contributed by atoms with Crippen molar-refractivity contribution in [3.63, 3.8) is 0 Å². The van der Waals surface area contributed by atoms with Crippen molar-refractivity contribution in [2.75, 3.05) is 24.6 Å². The summed E-state index contributed by atoms with van der Waals surface area (Å²) in [7, 11) is 0. The molecule has 38 heavy (non-hydrogen) atoms. The third-order valence-corrected chi connectivity index (χ3v) is 6.96. The summed E-state index contributed by atoms with van der Waals surface area (Å²) in [6, 6.07) is 1.40. The van der Waals surface area contributed by atoms with Crippen LogP contribution in [0.2, 0.25) is 0 Å². The fourth-order valence-corrected chi connectivity index (χ4v) is 4.74. The van der Waals surface area contributed by atoms with E-state index < -0.39 is 23.5 Å². The van der Waals surface area contributed by atoms with Crippen molar-refractivity contribution in [3.05, 3.63) is 35.5 Å². The molecule has 1 aliphatic heterocycles. The van der Waals surface area contributed by atoms with Crippen LogP contribution in [0.25, 0.3) is 11.1 Å². The lowest BCUT2D eigenvalue weighted by Gasteiger charge is -2.40. The van der Waals surface area contributed by atoms with Gasteiger partial charge in [-0.2, -0.15) is 0 Å². The number of ether oxygens (including phenoxy) is 2. The Kier molecular flexibility index (Phi) is 9.39. The van der Waals surface area contributed by atoms with Crippen molar-refractivity contribution in [1.82, 2.24) is 9.97 Å². The van der Waals surface area contributed by atoms with Gasteiger partial charge in [0.15, 0.2) is 11.9 Å². The second kappa shape index (κ2) is 12.0. The predicted molar refractivity (Wildman–Crippen MR) is 148 cm³/mol. The van der Waals surface area contributed by atoms with Gasteiger partial charge >= 0.3 is 5.97 Å². The van der Waals surface area contributed by atoms with Crippen LogP contribution in [0.4, 0.5) is 10.1 Å². The van der Waals surface area contributed by atoms with Crippen LogP contribution in [0.3, 0.4) is 0 Å². The Morgan fingerprint density at radius 1 is 1.18 bits per heavy atom. The van der Waals surface area contributed by atoms with Gasteiger partial charge in [-0.15, -0.1) is 0 Å². The summed E-state index contributed by atoms with van der Waals surface area (Å²) in [5.74, 6) is -1.12. The van der Waals surface area contributed by atoms with Gasteiger partial charge in [-0.3, -0.25) is 4.98 Å². The average Bonchev–Trinajstić information content (AvgIpc) is 2.80. The van der Waals surface area contributed by atoms with E-state index in [0.717, 1.165) is 44.5 Å². The molecule has 1 fully saturated rings. The van der Waals surface area contributed by atoms with Gasteiger partial charge in [0.1, 0.15) is 0 Å². The summed E-state index contributed by atoms with van der Waals surface area (Å²) < 4.78 is 26.8. The van der Waals surface area contributed by atoms with Gasteiger partial charge < -0.3 is 19.5 Å². The molecule has 1 N–H and O–H groups in total. The maximum absolute atomic E-state index is 15.1. The topological polar surface area (TPSA) is 84.8 Å². The zero-order valence-electron chi connectivity index (χ0n) is 24.2. The quantitative estimate of drug-likeness (QED) is 0.333. The molecule has 1 aliphatic rings. The Hall–Kier alpha value is -2.74. The lowest BCUT2D eigenvalue weighted by atomic mass is 9.82. The fraction of sp³-hybridized carbons (Fsp3) is 0.633. The first kappa shape index (κ1) is 29.8. The number of halogens is 1. The van der Waals surface area contributed by atoms with Crippen LogP contribution >= 0.6 is 0 Å². The molecule has 0 saturated carbocycles. The molecular weight excluding hydrogens is 485 g/mol. The van der Waals surface area contributed by atoms with E-state index in [-0.39, 0.29) is 11.3 Å². The Labute approximate surface area is 226 Å². The smallest absolute Gasteiger partial charge is 0.337 e. The second-order valence-corrected chi connectivity index (χ2v) is 12.5. The van der Waals surface area contributed by atoms with Crippen molar-refractivity contribution in [1.29, 1.82) is 0 Å². The lowest BCUT2D eigenvalue weighted by molar-refractivity contribution is -0.160. The summed E-state index contributed by atoms with van der Waals surface area (Å²) in [6.07, 6.45) is 5.74. The molecule has 3 rings (SSSR count). The van der Waals surface area contributed by atoms with E-state index in [0.29, 0.717) is 34.9 Å². The van der Waals surface area contributed by atoms with E-state index in [9.17, 15) is 9.90 Å². The average molecular weight is 530 g/mol. The minimum atomic E-state index is -1.23. The van der Waals surface area contributed by atoms with Gasteiger partial charge in [0.2, 0.25) is 5.88 Å². The van der Waals surface area contributed by atoms with Crippen LogP contribution in [-0.4, -0.2) is 46.3 Å². The Balaban J connectivity index is 2.09. The number of hydrogen-bond acceptors (Lipinski definition) is 6. The highest BCUT2D eigenvalue weighted by Crippen LogP contribution is 2.43. The third-order valence-electron chi connectivity index (χ3n) is 6.96. The largest absolute Gasteiger partial charge is 0.479 e. The molecular formula is C30H44FN3O4. The summed E-state index contributed by atoms with van der Waals surface area (Å²) in [6.45, 7) is 17.9. The van der Waals surface area contributed by atoms with Crippen LogP contribution in [0.1, 0.15) is 91.5 Å². The van der Waals surface area contributed by atoms with E-state index >= 15 is 4.39 Å². The van der Waals surface area contributed by atoms with Crippen LogP contribution in [0.15, 0.2) is 18.5 Å². The molecule has 0 aliphatic carbocycles. The monoisotopic (exact) mass is 529 g/mol. The minimum Gasteiger partial charge on any atom is -0.479 e. The van der Waals surface area contributed by atoms with E-state index in [4.69, 9.17) is 9.47 Å². The van der Waals surface area contributed by atoms with Gasteiger partial charge in [-0.05, 0) is 70.8 Å². The Morgan fingerprint density at radius 3 is 2.39 bits per heavy atom. The van der Waals surface area contributed by atoms with Crippen molar-refractivity contribution in [3.8, 4) is 17.0 Å². The molecule has 2 aromatic heterocycles. The molecule has 1 saturated heterocycles. The zero-order chi connectivity index (χ0) is 28.3. The summed E-state index contributed by atoms with van der Waals surface area (Å²) in [4.78, 5) is 23.5. The van der Waals surface area contributed by atoms with E-state index in [1.165, 1.54) is 6.07 Å². The van der Waals surface area contributed by atoms with Gasteiger partial charge in [0.05, 0.1) is 17.9 Å². The van der Waals surface area contributed by atoms with Crippen molar-refractivity contribution in [2.45, 2.75) is 92.8 Å². The number of rotatable bonds is 10. The maximum atomic E-state index is 15.1. The maximum Gasteiger partial charge on any atom is 0.337 e. The highest BCUT2D eigenvalue weighted by Gasteiger charge is 2.36. The number of pyridine rings is 2. The van der Waals surface area contributed by atoms with Crippen molar-refractivity contribution < 1.29 is 23.8 Å². The van der Waals surface area contributed by atoms with E-state index in [1.54, 1.807) is 19.3 Å². The molecule has 0 bridgehead atoms. The molecule has 210 valence electrons. The number of piperidine rings is 1. The molecule has 0 amide bonds. The number of aromatic nitrogens is 2. The van der Waals surface area contributed by atoms with E-state index in [2.05, 4.69) is 42.6 Å². The highest BCUT2D eigenvalue weighted by molar-refractivity contribution is 5.86. The number of aliphatic carboxylic acids is 1. The molecule has 1 unspecified atom stereocenters. The minimum absolute atomic E-state index is 0.0291. The zero-order valence-corrected chi connectivity index (χ0v) is 24.2. The standard InChI is InChI=1S/C30H44FN3O4/c1-19(2)10-9-15-37-27-23(31)16-21(17-33-27)22-18-32-20(3)24(26(28(35)36)38-29(4,5)6)25(22)34-13-11-30(7,8)12-14-34/h16-19,26H,9-15H2,1-8H3,(H,35,36). The number of carboxylic acids is 1. The number of carbonyl (C=O) groups is 1. The molecule has 7 nitrogen and oxygen atoms in total. The number of carboxylic acid groups (broad SMARTS) is 1. The molecule has 3 heterocycles. The first-order chi connectivity index (χ1) is 17.7. The number of aryl methyl sites for hydroxylation is 1. The van der Waals surface area contributed by atoms with Gasteiger partial charge in [-0.25, -0.2) is 14.2 Å². The highest BCUT2D eigenvalue weighted by atomic mass is 19.1.